The Morgan fingerprint density at radius 2 is 2.06 bits per heavy atom. The van der Waals surface area contributed by atoms with Crippen LogP contribution in [0.2, 0.25) is 0 Å². The molecule has 3 nitrogen and oxygen atoms in total. The first kappa shape index (κ1) is 11.3. The number of benzene rings is 1. The van der Waals surface area contributed by atoms with E-state index < -0.39 is 0 Å². The highest BCUT2D eigenvalue weighted by Gasteiger charge is 2.18. The van der Waals surface area contributed by atoms with Gasteiger partial charge in [-0.1, -0.05) is 23.8 Å². The standard InChI is InChI=1S/C15H19N3/c1-10-5-6-13(11(2)9-10)14-12(3)18-8-4-7-16-15(18)17-14/h5-6,9H,4,7-8H2,1-3H3,(H,16,17). The Morgan fingerprint density at radius 3 is 2.78 bits per heavy atom. The van der Waals surface area contributed by atoms with Gasteiger partial charge in [0.15, 0.2) is 0 Å². The van der Waals surface area contributed by atoms with Crippen molar-refractivity contribution in [1.29, 1.82) is 0 Å². The van der Waals surface area contributed by atoms with E-state index in [1.807, 2.05) is 0 Å². The summed E-state index contributed by atoms with van der Waals surface area (Å²) in [7, 11) is 0. The summed E-state index contributed by atoms with van der Waals surface area (Å²) >= 11 is 0. The van der Waals surface area contributed by atoms with Crippen molar-refractivity contribution in [3.8, 4) is 11.3 Å². The fourth-order valence-electron chi connectivity index (χ4n) is 2.71. The molecule has 0 bridgehead atoms. The van der Waals surface area contributed by atoms with Gasteiger partial charge in [-0.3, -0.25) is 0 Å². The number of rotatable bonds is 1. The Kier molecular flexibility index (Phi) is 2.62. The second-order valence-corrected chi connectivity index (χ2v) is 5.12. The maximum absolute atomic E-state index is 4.76. The number of aromatic nitrogens is 2. The molecule has 0 unspecified atom stereocenters. The van der Waals surface area contributed by atoms with Gasteiger partial charge in [-0.2, -0.15) is 0 Å². The highest BCUT2D eigenvalue weighted by atomic mass is 15.2. The lowest BCUT2D eigenvalue weighted by atomic mass is 10.0. The number of fused-ring (bicyclic) bond motifs is 1. The molecule has 1 N–H and O–H groups in total. The lowest BCUT2D eigenvalue weighted by molar-refractivity contribution is 0.615. The minimum absolute atomic E-state index is 1.02. The van der Waals surface area contributed by atoms with Crippen LogP contribution in [-0.2, 0) is 6.54 Å². The SMILES string of the molecule is Cc1ccc(-c2nc3n(c2C)CCCN3)c(C)c1. The Hall–Kier alpha value is -1.77. The molecule has 0 aliphatic carbocycles. The Balaban J connectivity index is 2.14. The van der Waals surface area contributed by atoms with Gasteiger partial charge in [-0.15, -0.1) is 0 Å². The minimum Gasteiger partial charge on any atom is -0.356 e. The van der Waals surface area contributed by atoms with Crippen LogP contribution >= 0.6 is 0 Å². The molecule has 0 radical (unpaired) electrons. The third-order valence-electron chi connectivity index (χ3n) is 3.70. The number of hydrogen-bond acceptors (Lipinski definition) is 2. The van der Waals surface area contributed by atoms with Crippen molar-refractivity contribution >= 4 is 5.95 Å². The third kappa shape index (κ3) is 1.70. The predicted octanol–water partition coefficient (Wildman–Crippen LogP) is 3.29. The molecule has 0 amide bonds. The van der Waals surface area contributed by atoms with Gasteiger partial charge in [-0.05, 0) is 32.8 Å². The van der Waals surface area contributed by atoms with Crippen LogP contribution in [0.1, 0.15) is 23.2 Å². The Bertz CT molecular complexity index is 596. The first-order chi connectivity index (χ1) is 8.66. The number of nitrogens with one attached hydrogen (secondary N) is 1. The molecule has 0 atom stereocenters. The largest absolute Gasteiger partial charge is 0.356 e. The van der Waals surface area contributed by atoms with Crippen LogP contribution in [0.15, 0.2) is 18.2 Å². The van der Waals surface area contributed by atoms with E-state index in [0.29, 0.717) is 0 Å². The van der Waals surface area contributed by atoms with Crippen LogP contribution in [-0.4, -0.2) is 16.1 Å². The first-order valence-corrected chi connectivity index (χ1v) is 6.55. The molecule has 0 saturated carbocycles. The molecule has 3 rings (SSSR count). The number of hydrogen-bond donors (Lipinski definition) is 1. The molecule has 1 aromatic carbocycles. The van der Waals surface area contributed by atoms with Crippen LogP contribution in [0.4, 0.5) is 5.95 Å². The summed E-state index contributed by atoms with van der Waals surface area (Å²) in [5, 5.41) is 3.38. The highest BCUT2D eigenvalue weighted by Crippen LogP contribution is 2.30. The maximum atomic E-state index is 4.76. The zero-order valence-corrected chi connectivity index (χ0v) is 11.2. The van der Waals surface area contributed by atoms with E-state index in [1.165, 1.54) is 28.8 Å². The molecule has 0 fully saturated rings. The Morgan fingerprint density at radius 1 is 1.22 bits per heavy atom. The number of imidazole rings is 1. The zero-order chi connectivity index (χ0) is 12.7. The minimum atomic E-state index is 1.02. The van der Waals surface area contributed by atoms with E-state index in [0.717, 1.165) is 24.7 Å². The molecule has 0 spiro atoms. The van der Waals surface area contributed by atoms with Gasteiger partial charge in [0.1, 0.15) is 0 Å². The fraction of sp³-hybridized carbons (Fsp3) is 0.400. The van der Waals surface area contributed by atoms with Gasteiger partial charge >= 0.3 is 0 Å². The average Bonchev–Trinajstić information content (AvgIpc) is 2.68. The smallest absolute Gasteiger partial charge is 0.203 e. The van der Waals surface area contributed by atoms with E-state index in [4.69, 9.17) is 4.98 Å². The molecular weight excluding hydrogens is 222 g/mol. The highest BCUT2D eigenvalue weighted by molar-refractivity contribution is 5.68. The average molecular weight is 241 g/mol. The van der Waals surface area contributed by atoms with Crippen molar-refractivity contribution < 1.29 is 0 Å². The summed E-state index contributed by atoms with van der Waals surface area (Å²) in [6, 6.07) is 6.57. The van der Waals surface area contributed by atoms with Crippen molar-refractivity contribution in [2.75, 3.05) is 11.9 Å². The third-order valence-corrected chi connectivity index (χ3v) is 3.70. The van der Waals surface area contributed by atoms with Gasteiger partial charge in [0, 0.05) is 24.3 Å². The number of aryl methyl sites for hydroxylation is 2. The van der Waals surface area contributed by atoms with Crippen molar-refractivity contribution in [2.45, 2.75) is 33.7 Å². The molecule has 94 valence electrons. The van der Waals surface area contributed by atoms with Crippen LogP contribution in [0.5, 0.6) is 0 Å². The summed E-state index contributed by atoms with van der Waals surface area (Å²) in [5.74, 6) is 1.02. The topological polar surface area (TPSA) is 29.9 Å². The molecule has 2 aromatic rings. The predicted molar refractivity (Wildman–Crippen MR) is 75.0 cm³/mol. The summed E-state index contributed by atoms with van der Waals surface area (Å²) < 4.78 is 2.29. The van der Waals surface area contributed by atoms with E-state index in [2.05, 4.69) is 48.9 Å². The Labute approximate surface area is 108 Å². The summed E-state index contributed by atoms with van der Waals surface area (Å²) in [4.78, 5) is 4.76. The number of anilines is 1. The lowest BCUT2D eigenvalue weighted by Gasteiger charge is -2.16. The molecule has 18 heavy (non-hydrogen) atoms. The second-order valence-electron chi connectivity index (χ2n) is 5.12. The summed E-state index contributed by atoms with van der Waals surface area (Å²) in [6.45, 7) is 8.56. The van der Waals surface area contributed by atoms with E-state index in [9.17, 15) is 0 Å². The zero-order valence-electron chi connectivity index (χ0n) is 11.2. The van der Waals surface area contributed by atoms with Crippen LogP contribution in [0.3, 0.4) is 0 Å². The fourth-order valence-corrected chi connectivity index (χ4v) is 2.71. The van der Waals surface area contributed by atoms with E-state index >= 15 is 0 Å². The molecule has 0 saturated heterocycles. The molecule has 3 heteroatoms. The molecule has 1 aliphatic rings. The van der Waals surface area contributed by atoms with Crippen molar-refractivity contribution in [1.82, 2.24) is 9.55 Å². The molecule has 2 heterocycles. The van der Waals surface area contributed by atoms with Crippen LogP contribution < -0.4 is 5.32 Å². The van der Waals surface area contributed by atoms with Gasteiger partial charge in [0.25, 0.3) is 0 Å². The first-order valence-electron chi connectivity index (χ1n) is 6.55. The normalized spacial score (nSPS) is 14.2. The van der Waals surface area contributed by atoms with Crippen molar-refractivity contribution in [3.05, 3.63) is 35.0 Å². The summed E-state index contributed by atoms with van der Waals surface area (Å²) in [5.41, 5.74) is 6.24. The number of nitrogens with zero attached hydrogens (tertiary/aromatic N) is 2. The van der Waals surface area contributed by atoms with Crippen LogP contribution in [0.25, 0.3) is 11.3 Å². The maximum Gasteiger partial charge on any atom is 0.203 e. The summed E-state index contributed by atoms with van der Waals surface area (Å²) in [6.07, 6.45) is 1.18. The lowest BCUT2D eigenvalue weighted by Crippen LogP contribution is -2.17. The van der Waals surface area contributed by atoms with Gasteiger partial charge in [0.2, 0.25) is 5.95 Å². The van der Waals surface area contributed by atoms with E-state index in [1.54, 1.807) is 0 Å². The molecule has 1 aliphatic heterocycles. The molecule has 1 aromatic heterocycles. The van der Waals surface area contributed by atoms with Crippen molar-refractivity contribution in [2.24, 2.45) is 0 Å². The second kappa shape index (κ2) is 4.16. The van der Waals surface area contributed by atoms with Gasteiger partial charge in [0.05, 0.1) is 5.69 Å². The monoisotopic (exact) mass is 241 g/mol. The van der Waals surface area contributed by atoms with Crippen molar-refractivity contribution in [3.63, 3.8) is 0 Å². The van der Waals surface area contributed by atoms with E-state index in [-0.39, 0.29) is 0 Å². The van der Waals surface area contributed by atoms with Gasteiger partial charge in [-0.25, -0.2) is 4.98 Å². The van der Waals surface area contributed by atoms with Gasteiger partial charge < -0.3 is 9.88 Å². The molecular formula is C15H19N3. The van der Waals surface area contributed by atoms with Crippen LogP contribution in [0, 0.1) is 20.8 Å². The quantitative estimate of drug-likeness (QED) is 0.830.